The molecule has 0 radical (unpaired) electrons. The van der Waals surface area contributed by atoms with E-state index in [4.69, 9.17) is 9.47 Å². The number of benzene rings is 3. The van der Waals surface area contributed by atoms with Crippen LogP contribution in [0.3, 0.4) is 0 Å². The van der Waals surface area contributed by atoms with Gasteiger partial charge < -0.3 is 14.5 Å². The summed E-state index contributed by atoms with van der Waals surface area (Å²) >= 11 is 0. The molecule has 4 rings (SSSR count). The maximum atomic E-state index is 12.4. The quantitative estimate of drug-likeness (QED) is 0.201. The van der Waals surface area contributed by atoms with Gasteiger partial charge in [0.1, 0.15) is 11.5 Å². The molecule has 1 heterocycles. The molecule has 0 saturated carbocycles. The second-order valence-electron chi connectivity index (χ2n) is 6.95. The van der Waals surface area contributed by atoms with Gasteiger partial charge in [0.25, 0.3) is 0 Å². The van der Waals surface area contributed by atoms with E-state index in [0.29, 0.717) is 17.1 Å². The Balaban J connectivity index is 1.47. The Morgan fingerprint density at radius 2 is 1.77 bits per heavy atom. The molecule has 1 aromatic heterocycles. The molecule has 4 aromatic rings. The first-order chi connectivity index (χ1) is 15.2. The van der Waals surface area contributed by atoms with Crippen LogP contribution in [0.4, 0.5) is 0 Å². The summed E-state index contributed by atoms with van der Waals surface area (Å²) in [5, 5.41) is 10.6. The van der Waals surface area contributed by atoms with E-state index in [9.17, 15) is 10.1 Å². The predicted octanol–water partition coefficient (Wildman–Crippen LogP) is 5.39. The van der Waals surface area contributed by atoms with Gasteiger partial charge in [-0.05, 0) is 47.5 Å². The van der Waals surface area contributed by atoms with Crippen molar-refractivity contribution in [3.05, 3.63) is 95.7 Å². The van der Waals surface area contributed by atoms with Crippen LogP contribution < -0.4 is 9.47 Å². The lowest BCUT2D eigenvalue weighted by Crippen LogP contribution is -2.10. The van der Waals surface area contributed by atoms with Crippen LogP contribution in [0, 0.1) is 11.3 Å². The number of rotatable bonds is 6. The first kappa shape index (κ1) is 20.0. The van der Waals surface area contributed by atoms with Crippen molar-refractivity contribution in [3.63, 3.8) is 0 Å². The highest BCUT2D eigenvalue weighted by molar-refractivity contribution is 5.92. The molecule has 0 saturated heterocycles. The second kappa shape index (κ2) is 9.02. The molecule has 0 spiro atoms. The summed E-state index contributed by atoms with van der Waals surface area (Å²) in [7, 11) is 1.58. The zero-order valence-corrected chi connectivity index (χ0v) is 17.0. The normalized spacial score (nSPS) is 11.2. The van der Waals surface area contributed by atoms with E-state index in [1.807, 2.05) is 54.7 Å². The molecular weight excluding hydrogens is 388 g/mol. The average Bonchev–Trinajstić information content (AvgIpc) is 3.21. The molecule has 0 aliphatic carbocycles. The second-order valence-corrected chi connectivity index (χ2v) is 6.95. The standard InChI is InChI=1S/C26H20N2O3/c1-30-25-9-5-3-7-23(25)19(16-27)14-18-10-12-21(13-11-18)31-26(29)15-20-17-28-24-8-4-2-6-22(20)24/h2-14,17,28H,15H2,1H3/b19-14-. The zero-order valence-electron chi connectivity index (χ0n) is 17.0. The van der Waals surface area contributed by atoms with Crippen molar-refractivity contribution in [2.45, 2.75) is 6.42 Å². The number of aromatic nitrogens is 1. The minimum atomic E-state index is -0.334. The van der Waals surface area contributed by atoms with Crippen molar-refractivity contribution in [1.82, 2.24) is 4.98 Å². The zero-order chi connectivity index (χ0) is 21.6. The number of fused-ring (bicyclic) bond motifs is 1. The highest BCUT2D eigenvalue weighted by Crippen LogP contribution is 2.27. The highest BCUT2D eigenvalue weighted by atomic mass is 16.5. The number of allylic oxidation sites excluding steroid dienone is 1. The van der Waals surface area contributed by atoms with Gasteiger partial charge in [0.2, 0.25) is 0 Å². The lowest BCUT2D eigenvalue weighted by molar-refractivity contribution is -0.133. The van der Waals surface area contributed by atoms with Crippen molar-refractivity contribution in [2.24, 2.45) is 0 Å². The average molecular weight is 408 g/mol. The number of hydrogen-bond acceptors (Lipinski definition) is 4. The van der Waals surface area contributed by atoms with Crippen LogP contribution in [-0.4, -0.2) is 18.1 Å². The molecule has 5 nitrogen and oxygen atoms in total. The molecule has 0 bridgehead atoms. The summed E-state index contributed by atoms with van der Waals surface area (Å²) in [6.07, 6.45) is 3.79. The number of hydrogen-bond donors (Lipinski definition) is 1. The van der Waals surface area contributed by atoms with Crippen LogP contribution in [0.2, 0.25) is 0 Å². The molecule has 3 aromatic carbocycles. The van der Waals surface area contributed by atoms with Crippen molar-refractivity contribution >= 4 is 28.5 Å². The number of nitrogens with zero attached hydrogens (tertiary/aromatic N) is 1. The summed E-state index contributed by atoms with van der Waals surface area (Å²) in [5.74, 6) is 0.760. The smallest absolute Gasteiger partial charge is 0.315 e. The van der Waals surface area contributed by atoms with Gasteiger partial charge in [0, 0.05) is 22.7 Å². The number of esters is 1. The minimum Gasteiger partial charge on any atom is -0.496 e. The van der Waals surface area contributed by atoms with Gasteiger partial charge in [-0.2, -0.15) is 5.26 Å². The van der Waals surface area contributed by atoms with Crippen molar-refractivity contribution in [1.29, 1.82) is 5.26 Å². The maximum absolute atomic E-state index is 12.4. The van der Waals surface area contributed by atoms with Crippen LogP contribution in [0.15, 0.2) is 79.0 Å². The van der Waals surface area contributed by atoms with Gasteiger partial charge in [-0.1, -0.05) is 42.5 Å². The summed E-state index contributed by atoms with van der Waals surface area (Å²) in [4.78, 5) is 15.5. The van der Waals surface area contributed by atoms with Crippen LogP contribution in [0.5, 0.6) is 11.5 Å². The number of methoxy groups -OCH3 is 1. The SMILES string of the molecule is COc1ccccc1/C(C#N)=C\c1ccc(OC(=O)Cc2c[nH]c3ccccc23)cc1. The van der Waals surface area contributed by atoms with Crippen molar-refractivity contribution in [2.75, 3.05) is 7.11 Å². The number of nitriles is 1. The largest absolute Gasteiger partial charge is 0.496 e. The van der Waals surface area contributed by atoms with E-state index in [-0.39, 0.29) is 12.4 Å². The van der Waals surface area contributed by atoms with E-state index in [1.54, 1.807) is 37.5 Å². The number of aromatic amines is 1. The number of H-pyrrole nitrogens is 1. The Bertz CT molecular complexity index is 1290. The number of carbonyl (C=O) groups excluding carboxylic acids is 1. The molecule has 0 atom stereocenters. The Morgan fingerprint density at radius 1 is 1.03 bits per heavy atom. The molecule has 31 heavy (non-hydrogen) atoms. The van der Waals surface area contributed by atoms with E-state index in [1.165, 1.54) is 0 Å². The molecule has 0 amide bonds. The van der Waals surface area contributed by atoms with Gasteiger partial charge >= 0.3 is 5.97 Å². The summed E-state index contributed by atoms with van der Waals surface area (Å²) in [6.45, 7) is 0. The van der Waals surface area contributed by atoms with Crippen LogP contribution in [-0.2, 0) is 11.2 Å². The third kappa shape index (κ3) is 4.49. The van der Waals surface area contributed by atoms with Crippen molar-refractivity contribution < 1.29 is 14.3 Å². The lowest BCUT2D eigenvalue weighted by atomic mass is 10.0. The molecule has 1 N–H and O–H groups in total. The molecule has 152 valence electrons. The van der Waals surface area contributed by atoms with Gasteiger partial charge in [-0.25, -0.2) is 0 Å². The Kier molecular flexibility index (Phi) is 5.82. The minimum absolute atomic E-state index is 0.179. The predicted molar refractivity (Wildman–Crippen MR) is 121 cm³/mol. The Hall–Kier alpha value is -4.30. The third-order valence-corrected chi connectivity index (χ3v) is 4.95. The summed E-state index contributed by atoms with van der Waals surface area (Å²) < 4.78 is 10.8. The maximum Gasteiger partial charge on any atom is 0.315 e. The monoisotopic (exact) mass is 408 g/mol. The lowest BCUT2D eigenvalue weighted by Gasteiger charge is -2.07. The van der Waals surface area contributed by atoms with Gasteiger partial charge in [0.05, 0.1) is 25.2 Å². The fourth-order valence-electron chi connectivity index (χ4n) is 3.44. The summed E-state index contributed by atoms with van der Waals surface area (Å²) in [6, 6.07) is 24.5. The molecule has 0 unspecified atom stereocenters. The van der Waals surface area contributed by atoms with E-state index in [0.717, 1.165) is 27.6 Å². The molecule has 0 fully saturated rings. The highest BCUT2D eigenvalue weighted by Gasteiger charge is 2.11. The molecule has 0 aliphatic heterocycles. The fourth-order valence-corrected chi connectivity index (χ4v) is 3.44. The van der Waals surface area contributed by atoms with Crippen LogP contribution in [0.25, 0.3) is 22.6 Å². The Morgan fingerprint density at radius 3 is 2.55 bits per heavy atom. The van der Waals surface area contributed by atoms with Crippen LogP contribution in [0.1, 0.15) is 16.7 Å². The number of nitrogens with one attached hydrogen (secondary N) is 1. The molecule has 5 heteroatoms. The Labute approximate surface area is 180 Å². The number of para-hydroxylation sites is 2. The first-order valence-electron chi connectivity index (χ1n) is 9.79. The molecule has 0 aliphatic rings. The molecular formula is C26H20N2O3. The van der Waals surface area contributed by atoms with E-state index < -0.39 is 0 Å². The van der Waals surface area contributed by atoms with Gasteiger partial charge in [-0.3, -0.25) is 4.79 Å². The van der Waals surface area contributed by atoms with E-state index in [2.05, 4.69) is 11.1 Å². The number of ether oxygens (including phenoxy) is 2. The van der Waals surface area contributed by atoms with Crippen molar-refractivity contribution in [3.8, 4) is 17.6 Å². The first-order valence-corrected chi connectivity index (χ1v) is 9.79. The van der Waals surface area contributed by atoms with E-state index >= 15 is 0 Å². The third-order valence-electron chi connectivity index (χ3n) is 4.95. The summed E-state index contributed by atoms with van der Waals surface area (Å²) in [5.41, 5.74) is 3.92. The topological polar surface area (TPSA) is 75.1 Å². The van der Waals surface area contributed by atoms with Gasteiger partial charge in [0.15, 0.2) is 0 Å². The number of carbonyl (C=O) groups is 1. The fraction of sp³-hybridized carbons (Fsp3) is 0.0769. The van der Waals surface area contributed by atoms with Crippen LogP contribution >= 0.6 is 0 Å². The van der Waals surface area contributed by atoms with Gasteiger partial charge in [-0.15, -0.1) is 0 Å².